The summed E-state index contributed by atoms with van der Waals surface area (Å²) in [6.07, 6.45) is -5.45. The standard InChI is InChI=1S/C26H20F6N2O2/c27-25(28,29)20-14-18(33)6-8-22(20)35-24(12-10-17(11-13-24)16-4-2-1-3-5-16)36-23-9-7-19(34)15-21(23)26(30,31)32/h1-12,14-15H,13,33-34H2. The van der Waals surface area contributed by atoms with Gasteiger partial charge in [0.25, 0.3) is 5.79 Å². The van der Waals surface area contributed by atoms with Gasteiger partial charge in [0, 0.05) is 23.9 Å². The van der Waals surface area contributed by atoms with Crippen molar-refractivity contribution in [1.29, 1.82) is 0 Å². The first-order valence-electron chi connectivity index (χ1n) is 10.6. The lowest BCUT2D eigenvalue weighted by Crippen LogP contribution is -2.42. The van der Waals surface area contributed by atoms with Crippen molar-refractivity contribution in [3.63, 3.8) is 0 Å². The number of rotatable bonds is 5. The third kappa shape index (κ3) is 5.42. The lowest BCUT2D eigenvalue weighted by molar-refractivity contribution is -0.146. The molecule has 0 fully saturated rings. The molecule has 10 heteroatoms. The van der Waals surface area contributed by atoms with Crippen LogP contribution in [0.15, 0.2) is 85.0 Å². The monoisotopic (exact) mass is 506 g/mol. The number of ether oxygens (including phenoxy) is 2. The number of alkyl halides is 6. The summed E-state index contributed by atoms with van der Waals surface area (Å²) in [5.74, 6) is -3.34. The highest BCUT2D eigenvalue weighted by atomic mass is 19.4. The molecule has 3 aromatic carbocycles. The lowest BCUT2D eigenvalue weighted by atomic mass is 9.96. The minimum atomic E-state index is -4.84. The molecule has 0 heterocycles. The minimum Gasteiger partial charge on any atom is -0.448 e. The molecule has 0 amide bonds. The Morgan fingerprint density at radius 1 is 0.694 bits per heavy atom. The highest BCUT2D eigenvalue weighted by Crippen LogP contribution is 2.43. The Hall–Kier alpha value is -4.08. The van der Waals surface area contributed by atoms with Crippen LogP contribution in [0.25, 0.3) is 5.57 Å². The predicted molar refractivity (Wildman–Crippen MR) is 124 cm³/mol. The topological polar surface area (TPSA) is 70.5 Å². The molecular formula is C26H20F6N2O2. The van der Waals surface area contributed by atoms with Crippen LogP contribution in [-0.2, 0) is 12.4 Å². The van der Waals surface area contributed by atoms with Crippen LogP contribution in [0.3, 0.4) is 0 Å². The van der Waals surface area contributed by atoms with Crippen molar-refractivity contribution in [3.8, 4) is 11.5 Å². The molecule has 4 N–H and O–H groups in total. The fraction of sp³-hybridized carbons (Fsp3) is 0.154. The number of nitrogen functional groups attached to an aromatic ring is 2. The fourth-order valence-corrected chi connectivity index (χ4v) is 3.71. The van der Waals surface area contributed by atoms with E-state index < -0.39 is 40.8 Å². The van der Waals surface area contributed by atoms with Crippen molar-refractivity contribution >= 4 is 16.9 Å². The summed E-state index contributed by atoms with van der Waals surface area (Å²) < 4.78 is 93.7. The number of anilines is 2. The second kappa shape index (κ2) is 9.18. The Kier molecular flexibility index (Phi) is 6.38. The van der Waals surface area contributed by atoms with Gasteiger partial charge in [0.2, 0.25) is 0 Å². The van der Waals surface area contributed by atoms with E-state index in [1.807, 2.05) is 18.2 Å². The lowest BCUT2D eigenvalue weighted by Gasteiger charge is -2.35. The number of hydrogen-bond donors (Lipinski definition) is 2. The van der Waals surface area contributed by atoms with Crippen molar-refractivity contribution in [3.05, 3.63) is 102 Å². The first kappa shape index (κ1) is 25.0. The molecule has 0 unspecified atom stereocenters. The second-order valence-corrected chi connectivity index (χ2v) is 8.09. The van der Waals surface area contributed by atoms with E-state index in [2.05, 4.69) is 0 Å². The Morgan fingerprint density at radius 3 is 1.61 bits per heavy atom. The maximum absolute atomic E-state index is 13.7. The summed E-state index contributed by atoms with van der Waals surface area (Å²) in [6, 6.07) is 14.8. The van der Waals surface area contributed by atoms with Gasteiger partial charge in [-0.05, 0) is 47.5 Å². The van der Waals surface area contributed by atoms with E-state index in [-0.39, 0.29) is 17.8 Å². The molecule has 0 saturated heterocycles. The van der Waals surface area contributed by atoms with E-state index in [9.17, 15) is 26.3 Å². The van der Waals surface area contributed by atoms with Crippen LogP contribution >= 0.6 is 0 Å². The van der Waals surface area contributed by atoms with Crippen molar-refractivity contribution in [2.45, 2.75) is 24.6 Å². The Balaban J connectivity index is 1.79. The Morgan fingerprint density at radius 2 is 1.19 bits per heavy atom. The van der Waals surface area contributed by atoms with Gasteiger partial charge in [-0.3, -0.25) is 0 Å². The molecular weight excluding hydrogens is 486 g/mol. The quantitative estimate of drug-likeness (QED) is 0.220. The third-order valence-electron chi connectivity index (χ3n) is 5.41. The number of halogens is 6. The maximum atomic E-state index is 13.7. The molecule has 0 radical (unpaired) electrons. The van der Waals surface area contributed by atoms with Crippen molar-refractivity contribution < 1.29 is 35.8 Å². The van der Waals surface area contributed by atoms with E-state index >= 15 is 0 Å². The summed E-state index contributed by atoms with van der Waals surface area (Å²) in [6.45, 7) is 0. The summed E-state index contributed by atoms with van der Waals surface area (Å²) in [5, 5.41) is 0. The molecule has 36 heavy (non-hydrogen) atoms. The van der Waals surface area contributed by atoms with Gasteiger partial charge in [-0.1, -0.05) is 42.5 Å². The first-order valence-corrected chi connectivity index (χ1v) is 10.6. The van der Waals surface area contributed by atoms with Gasteiger partial charge in [-0.25, -0.2) is 0 Å². The molecule has 0 aromatic heterocycles. The van der Waals surface area contributed by atoms with Crippen LogP contribution in [0.2, 0.25) is 0 Å². The highest BCUT2D eigenvalue weighted by Gasteiger charge is 2.42. The van der Waals surface area contributed by atoms with Crippen molar-refractivity contribution in [1.82, 2.24) is 0 Å². The van der Waals surface area contributed by atoms with E-state index in [0.29, 0.717) is 17.7 Å². The number of nitrogens with two attached hydrogens (primary N) is 2. The zero-order valence-electron chi connectivity index (χ0n) is 18.5. The van der Waals surface area contributed by atoms with Crippen LogP contribution in [0.5, 0.6) is 11.5 Å². The Bertz CT molecular complexity index is 1250. The largest absolute Gasteiger partial charge is 0.448 e. The van der Waals surface area contributed by atoms with Crippen molar-refractivity contribution in [2.24, 2.45) is 0 Å². The molecule has 0 saturated carbocycles. The number of hydrogen-bond acceptors (Lipinski definition) is 4. The van der Waals surface area contributed by atoms with E-state index in [0.717, 1.165) is 17.7 Å². The molecule has 1 aliphatic carbocycles. The van der Waals surface area contributed by atoms with Gasteiger partial charge in [-0.2, -0.15) is 26.3 Å². The van der Waals surface area contributed by atoms with Crippen molar-refractivity contribution in [2.75, 3.05) is 11.5 Å². The summed E-state index contributed by atoms with van der Waals surface area (Å²) in [5.41, 5.74) is 9.86. The molecule has 4 rings (SSSR count). The first-order chi connectivity index (χ1) is 16.9. The predicted octanol–water partition coefficient (Wildman–Crippen LogP) is 7.09. The second-order valence-electron chi connectivity index (χ2n) is 8.09. The van der Waals surface area contributed by atoms with Gasteiger partial charge in [0.1, 0.15) is 11.5 Å². The van der Waals surface area contributed by atoms with Gasteiger partial charge in [0.15, 0.2) is 0 Å². The van der Waals surface area contributed by atoms with Crippen LogP contribution in [0.4, 0.5) is 37.7 Å². The van der Waals surface area contributed by atoms with Gasteiger partial charge in [0.05, 0.1) is 11.1 Å². The van der Waals surface area contributed by atoms with E-state index in [1.54, 1.807) is 18.2 Å². The molecule has 0 bridgehead atoms. The summed E-state index contributed by atoms with van der Waals surface area (Å²) >= 11 is 0. The average Bonchev–Trinajstić information content (AvgIpc) is 2.81. The maximum Gasteiger partial charge on any atom is 0.420 e. The molecule has 3 aromatic rings. The zero-order valence-corrected chi connectivity index (χ0v) is 18.5. The van der Waals surface area contributed by atoms with Crippen LogP contribution in [0.1, 0.15) is 23.1 Å². The molecule has 188 valence electrons. The fourth-order valence-electron chi connectivity index (χ4n) is 3.71. The van der Waals surface area contributed by atoms with E-state index in [4.69, 9.17) is 20.9 Å². The Labute approximate surface area is 202 Å². The van der Waals surface area contributed by atoms with Crippen LogP contribution < -0.4 is 20.9 Å². The number of benzene rings is 3. The van der Waals surface area contributed by atoms with Gasteiger partial charge >= 0.3 is 12.4 Å². The van der Waals surface area contributed by atoms with Crippen LogP contribution in [-0.4, -0.2) is 5.79 Å². The third-order valence-corrected chi connectivity index (χ3v) is 5.41. The van der Waals surface area contributed by atoms with Gasteiger partial charge < -0.3 is 20.9 Å². The smallest absolute Gasteiger partial charge is 0.420 e. The minimum absolute atomic E-state index is 0.159. The summed E-state index contributed by atoms with van der Waals surface area (Å²) in [7, 11) is 0. The van der Waals surface area contributed by atoms with Crippen LogP contribution in [0, 0.1) is 0 Å². The average molecular weight is 506 g/mol. The normalized spacial score (nSPS) is 15.3. The molecule has 0 atom stereocenters. The highest BCUT2D eigenvalue weighted by molar-refractivity contribution is 5.75. The molecule has 1 aliphatic rings. The number of allylic oxidation sites excluding steroid dienone is 2. The molecule has 4 nitrogen and oxygen atoms in total. The van der Waals surface area contributed by atoms with E-state index in [1.165, 1.54) is 24.3 Å². The summed E-state index contributed by atoms with van der Waals surface area (Å²) in [4.78, 5) is 0. The van der Waals surface area contributed by atoms with Gasteiger partial charge in [-0.15, -0.1) is 0 Å². The molecule has 0 spiro atoms. The molecule has 0 aliphatic heterocycles. The SMILES string of the molecule is Nc1ccc(OC2(Oc3ccc(N)cc3C(F)(F)F)C=CC(c3ccccc3)=CC2)c(C(F)(F)F)c1. The zero-order chi connectivity index (χ0) is 26.1.